The number of nitrogen functional groups attached to an aromatic ring is 1. The van der Waals surface area contributed by atoms with Crippen molar-refractivity contribution >= 4 is 22.5 Å². The van der Waals surface area contributed by atoms with E-state index in [0.29, 0.717) is 30.2 Å². The standard InChI is InChI=1S/C20H23N3O2/c1-2-11-25-19-8-7-14(12-17(19)21)20(24)22-10-9-15-13-23-18-6-4-3-5-16(15)18/h3-8,12-13,23H,2,9-11,21H2,1H3,(H,22,24). The van der Waals surface area contributed by atoms with Gasteiger partial charge in [0.1, 0.15) is 5.75 Å². The Labute approximate surface area is 147 Å². The van der Waals surface area contributed by atoms with Crippen molar-refractivity contribution in [3.8, 4) is 5.75 Å². The third-order valence-electron chi connectivity index (χ3n) is 4.09. The zero-order chi connectivity index (χ0) is 17.6. The summed E-state index contributed by atoms with van der Waals surface area (Å²) >= 11 is 0. The lowest BCUT2D eigenvalue weighted by Crippen LogP contribution is -2.25. The molecule has 0 aliphatic carbocycles. The highest BCUT2D eigenvalue weighted by atomic mass is 16.5. The van der Waals surface area contributed by atoms with E-state index in [4.69, 9.17) is 10.5 Å². The molecule has 5 heteroatoms. The molecule has 5 nitrogen and oxygen atoms in total. The summed E-state index contributed by atoms with van der Waals surface area (Å²) in [4.78, 5) is 15.5. The Hall–Kier alpha value is -2.95. The number of ether oxygens (including phenoxy) is 1. The number of fused-ring (bicyclic) bond motifs is 1. The maximum atomic E-state index is 12.3. The number of nitrogens with two attached hydrogens (primary N) is 1. The van der Waals surface area contributed by atoms with Gasteiger partial charge in [0.25, 0.3) is 5.91 Å². The van der Waals surface area contributed by atoms with Gasteiger partial charge in [0.05, 0.1) is 12.3 Å². The lowest BCUT2D eigenvalue weighted by atomic mass is 10.1. The van der Waals surface area contributed by atoms with Crippen molar-refractivity contribution < 1.29 is 9.53 Å². The summed E-state index contributed by atoms with van der Waals surface area (Å²) in [5.74, 6) is 0.491. The first-order valence-corrected chi connectivity index (χ1v) is 8.54. The molecule has 4 N–H and O–H groups in total. The highest BCUT2D eigenvalue weighted by molar-refractivity contribution is 5.95. The van der Waals surface area contributed by atoms with Gasteiger partial charge in [0.15, 0.2) is 0 Å². The van der Waals surface area contributed by atoms with Crippen molar-refractivity contribution in [3.63, 3.8) is 0 Å². The molecule has 0 fully saturated rings. The molecule has 0 bridgehead atoms. The van der Waals surface area contributed by atoms with Crippen molar-refractivity contribution in [2.75, 3.05) is 18.9 Å². The van der Waals surface area contributed by atoms with E-state index < -0.39 is 0 Å². The van der Waals surface area contributed by atoms with Crippen molar-refractivity contribution in [2.24, 2.45) is 0 Å². The van der Waals surface area contributed by atoms with Crippen LogP contribution in [-0.2, 0) is 6.42 Å². The Morgan fingerprint density at radius 3 is 2.88 bits per heavy atom. The zero-order valence-electron chi connectivity index (χ0n) is 14.3. The summed E-state index contributed by atoms with van der Waals surface area (Å²) in [7, 11) is 0. The van der Waals surface area contributed by atoms with Crippen molar-refractivity contribution in [1.82, 2.24) is 10.3 Å². The number of carbonyl (C=O) groups excluding carboxylic acids is 1. The van der Waals surface area contributed by atoms with Crippen LogP contribution in [0.2, 0.25) is 0 Å². The highest BCUT2D eigenvalue weighted by Crippen LogP contribution is 2.23. The number of H-pyrrole nitrogens is 1. The highest BCUT2D eigenvalue weighted by Gasteiger charge is 2.09. The SMILES string of the molecule is CCCOc1ccc(C(=O)NCCc2c[nH]c3ccccc23)cc1N. The van der Waals surface area contributed by atoms with Gasteiger partial charge < -0.3 is 20.8 Å². The van der Waals surface area contributed by atoms with E-state index in [-0.39, 0.29) is 5.91 Å². The first-order chi connectivity index (χ1) is 12.2. The molecule has 130 valence electrons. The molecule has 0 atom stereocenters. The fraction of sp³-hybridized carbons (Fsp3) is 0.250. The quantitative estimate of drug-likeness (QED) is 0.577. The number of hydrogen-bond donors (Lipinski definition) is 3. The lowest BCUT2D eigenvalue weighted by molar-refractivity contribution is 0.0954. The third kappa shape index (κ3) is 3.94. The number of aromatic nitrogens is 1. The monoisotopic (exact) mass is 337 g/mol. The number of anilines is 1. The third-order valence-corrected chi connectivity index (χ3v) is 4.09. The van der Waals surface area contributed by atoms with Gasteiger partial charge in [-0.25, -0.2) is 0 Å². The maximum Gasteiger partial charge on any atom is 0.251 e. The average molecular weight is 337 g/mol. The molecule has 1 aromatic heterocycles. The first-order valence-electron chi connectivity index (χ1n) is 8.54. The molecule has 25 heavy (non-hydrogen) atoms. The molecule has 0 saturated carbocycles. The van der Waals surface area contributed by atoms with Crippen LogP contribution in [-0.4, -0.2) is 24.0 Å². The topological polar surface area (TPSA) is 80.1 Å². The molecule has 1 amide bonds. The fourth-order valence-corrected chi connectivity index (χ4v) is 2.78. The predicted molar refractivity (Wildman–Crippen MR) is 101 cm³/mol. The molecule has 0 saturated heterocycles. The lowest BCUT2D eigenvalue weighted by Gasteiger charge is -2.10. The summed E-state index contributed by atoms with van der Waals surface area (Å²) in [6, 6.07) is 13.3. The molecule has 0 unspecified atom stereocenters. The average Bonchev–Trinajstić information content (AvgIpc) is 3.04. The van der Waals surface area contributed by atoms with Crippen LogP contribution in [0.15, 0.2) is 48.7 Å². The molecule has 0 radical (unpaired) electrons. The smallest absolute Gasteiger partial charge is 0.251 e. The Morgan fingerprint density at radius 2 is 2.08 bits per heavy atom. The van der Waals surface area contributed by atoms with Gasteiger partial charge in [-0.2, -0.15) is 0 Å². The molecule has 2 aromatic carbocycles. The van der Waals surface area contributed by atoms with Crippen LogP contribution in [0.4, 0.5) is 5.69 Å². The Bertz CT molecular complexity index is 870. The number of nitrogens with one attached hydrogen (secondary N) is 2. The van der Waals surface area contributed by atoms with E-state index in [1.807, 2.05) is 31.3 Å². The van der Waals surface area contributed by atoms with E-state index in [2.05, 4.69) is 16.4 Å². The number of rotatable bonds is 7. The molecule has 1 heterocycles. The van der Waals surface area contributed by atoms with E-state index in [1.54, 1.807) is 18.2 Å². The minimum atomic E-state index is -0.131. The summed E-state index contributed by atoms with van der Waals surface area (Å²) in [5.41, 5.74) is 9.29. The van der Waals surface area contributed by atoms with Crippen LogP contribution in [0.3, 0.4) is 0 Å². The normalized spacial score (nSPS) is 10.8. The van der Waals surface area contributed by atoms with Gasteiger partial charge in [-0.15, -0.1) is 0 Å². The van der Waals surface area contributed by atoms with Crippen LogP contribution in [0.5, 0.6) is 5.75 Å². The van der Waals surface area contributed by atoms with Crippen LogP contribution in [0.25, 0.3) is 10.9 Å². The second kappa shape index (κ2) is 7.75. The van der Waals surface area contributed by atoms with Gasteiger partial charge in [-0.05, 0) is 42.7 Å². The minimum Gasteiger partial charge on any atom is -0.491 e. The van der Waals surface area contributed by atoms with Crippen LogP contribution in [0, 0.1) is 0 Å². The van der Waals surface area contributed by atoms with Crippen LogP contribution in [0.1, 0.15) is 29.3 Å². The van der Waals surface area contributed by atoms with Crippen molar-refractivity contribution in [2.45, 2.75) is 19.8 Å². The molecule has 3 aromatic rings. The fourth-order valence-electron chi connectivity index (χ4n) is 2.78. The number of aromatic amines is 1. The number of para-hydroxylation sites is 1. The largest absolute Gasteiger partial charge is 0.491 e. The van der Waals surface area contributed by atoms with E-state index in [0.717, 1.165) is 18.4 Å². The number of hydrogen-bond acceptors (Lipinski definition) is 3. The van der Waals surface area contributed by atoms with Crippen LogP contribution < -0.4 is 15.8 Å². The molecular weight excluding hydrogens is 314 g/mol. The summed E-state index contributed by atoms with van der Waals surface area (Å²) in [6.07, 6.45) is 3.67. The summed E-state index contributed by atoms with van der Waals surface area (Å²) < 4.78 is 5.53. The summed E-state index contributed by atoms with van der Waals surface area (Å²) in [5, 5.41) is 4.14. The number of amides is 1. The van der Waals surface area contributed by atoms with Crippen molar-refractivity contribution in [3.05, 3.63) is 59.8 Å². The van der Waals surface area contributed by atoms with E-state index in [9.17, 15) is 4.79 Å². The van der Waals surface area contributed by atoms with Gasteiger partial charge in [0, 0.05) is 29.2 Å². The second-order valence-electron chi connectivity index (χ2n) is 5.97. The Balaban J connectivity index is 1.58. The minimum absolute atomic E-state index is 0.131. The molecule has 0 aliphatic heterocycles. The van der Waals surface area contributed by atoms with E-state index in [1.165, 1.54) is 10.9 Å². The molecule has 0 spiro atoms. The first kappa shape index (κ1) is 16.9. The molecular formula is C20H23N3O2. The zero-order valence-corrected chi connectivity index (χ0v) is 14.3. The predicted octanol–water partition coefficient (Wildman–Crippen LogP) is 3.51. The van der Waals surface area contributed by atoms with E-state index >= 15 is 0 Å². The Morgan fingerprint density at radius 1 is 1.24 bits per heavy atom. The summed E-state index contributed by atoms with van der Waals surface area (Å²) in [6.45, 7) is 3.21. The Kier molecular flexibility index (Phi) is 5.23. The molecule has 3 rings (SSSR count). The van der Waals surface area contributed by atoms with Crippen LogP contribution >= 0.6 is 0 Å². The second-order valence-corrected chi connectivity index (χ2v) is 5.97. The maximum absolute atomic E-state index is 12.3. The van der Waals surface area contributed by atoms with Gasteiger partial charge >= 0.3 is 0 Å². The van der Waals surface area contributed by atoms with Gasteiger partial charge in [0.2, 0.25) is 0 Å². The number of carbonyl (C=O) groups is 1. The molecule has 0 aliphatic rings. The number of benzene rings is 2. The van der Waals surface area contributed by atoms with Gasteiger partial charge in [-0.1, -0.05) is 25.1 Å². The van der Waals surface area contributed by atoms with Gasteiger partial charge in [-0.3, -0.25) is 4.79 Å². The van der Waals surface area contributed by atoms with Crippen molar-refractivity contribution in [1.29, 1.82) is 0 Å².